The van der Waals surface area contributed by atoms with Crippen LogP contribution in [0, 0.1) is 0 Å². The number of benzene rings is 10. The quantitative estimate of drug-likeness (QED) is 0.151. The number of aromatic nitrogens is 4. The summed E-state index contributed by atoms with van der Waals surface area (Å²) >= 11 is 0. The third kappa shape index (κ3) is 5.71. The van der Waals surface area contributed by atoms with Crippen molar-refractivity contribution in [3.05, 3.63) is 206 Å². The Kier molecular flexibility index (Phi) is 7.87. The lowest BCUT2D eigenvalue weighted by molar-refractivity contribution is 0.651. The van der Waals surface area contributed by atoms with Crippen LogP contribution in [0.4, 0.5) is 34.5 Å². The molecule has 0 bridgehead atoms. The first-order valence-electron chi connectivity index (χ1n) is 22.9. The van der Waals surface area contributed by atoms with Gasteiger partial charge in [-0.15, -0.1) is 10.2 Å². The molecule has 0 aliphatic carbocycles. The van der Waals surface area contributed by atoms with E-state index in [9.17, 15) is 0 Å². The summed E-state index contributed by atoms with van der Waals surface area (Å²) in [6.07, 6.45) is 1.80. The summed E-state index contributed by atoms with van der Waals surface area (Å²) in [5.74, 6) is 0.990. The number of furan rings is 3. The Hall–Kier alpha value is -9.60. The maximum Gasteiger partial charge on any atom is 0.237 e. The van der Waals surface area contributed by atoms with Crippen molar-refractivity contribution >= 4 is 144 Å². The molecule has 0 N–H and O–H groups in total. The summed E-state index contributed by atoms with van der Waals surface area (Å²) in [6, 6.07) is 69.1. The average molecular weight is 887 g/mol. The third-order valence-corrected chi connectivity index (χ3v) is 13.6. The van der Waals surface area contributed by atoms with E-state index in [1.165, 1.54) is 0 Å². The van der Waals surface area contributed by atoms with Gasteiger partial charge in [-0.05, 0) is 70.1 Å². The number of para-hydroxylation sites is 2. The zero-order valence-corrected chi connectivity index (χ0v) is 36.5. The second-order valence-corrected chi connectivity index (χ2v) is 17.5. The van der Waals surface area contributed by atoms with Crippen molar-refractivity contribution < 1.29 is 13.3 Å². The Morgan fingerprint density at radius 1 is 0.333 bits per heavy atom. The molecule has 0 saturated carbocycles. The Morgan fingerprint density at radius 2 is 0.783 bits per heavy atom. The predicted molar refractivity (Wildman–Crippen MR) is 279 cm³/mol. The number of fused-ring (bicyclic) bond motifs is 13. The van der Waals surface area contributed by atoms with E-state index in [1.54, 1.807) is 6.20 Å². The van der Waals surface area contributed by atoms with E-state index in [0.29, 0.717) is 34.0 Å². The minimum atomic E-state index is 0.381. The van der Waals surface area contributed by atoms with E-state index in [0.717, 1.165) is 110 Å². The molecule has 69 heavy (non-hydrogen) atoms. The molecule has 0 unspecified atom stereocenters. The van der Waals surface area contributed by atoms with Crippen LogP contribution in [0.2, 0.25) is 0 Å². The first kappa shape index (κ1) is 37.6. The number of hydrogen-bond acceptors (Lipinski definition) is 9. The molecule has 0 fully saturated rings. The van der Waals surface area contributed by atoms with Gasteiger partial charge < -0.3 is 13.3 Å². The SMILES string of the molecule is c1ccc2c(N(c3ccc4c(c3)oc3ccccc34)c3cc4oc5nc(N(c6ccc7c(c6)oc6ccccc67)c6c7ccccc7cc7ccccc67)ncc5c4nn3)c3ccccc3cc2c1. The van der Waals surface area contributed by atoms with Crippen molar-refractivity contribution in [3.8, 4) is 0 Å². The molecule has 0 amide bonds. The maximum absolute atomic E-state index is 6.80. The highest BCUT2D eigenvalue weighted by Crippen LogP contribution is 2.47. The van der Waals surface area contributed by atoms with Crippen LogP contribution < -0.4 is 9.80 Å². The molecule has 15 aromatic rings. The minimum Gasteiger partial charge on any atom is -0.456 e. The first-order valence-corrected chi connectivity index (χ1v) is 22.9. The molecule has 322 valence electrons. The van der Waals surface area contributed by atoms with Crippen LogP contribution >= 0.6 is 0 Å². The van der Waals surface area contributed by atoms with E-state index in [4.69, 9.17) is 33.4 Å². The molecular formula is C60H34N6O3. The van der Waals surface area contributed by atoms with Gasteiger partial charge in [0.25, 0.3) is 0 Å². The number of anilines is 6. The summed E-state index contributed by atoms with van der Waals surface area (Å²) in [4.78, 5) is 14.7. The Balaban J connectivity index is 0.949. The van der Waals surface area contributed by atoms with Crippen LogP contribution in [-0.2, 0) is 0 Å². The molecule has 0 atom stereocenters. The fraction of sp³-hybridized carbons (Fsp3) is 0. The zero-order chi connectivity index (χ0) is 45.2. The van der Waals surface area contributed by atoms with E-state index >= 15 is 0 Å². The van der Waals surface area contributed by atoms with Gasteiger partial charge in [-0.25, -0.2) is 4.98 Å². The number of rotatable bonds is 6. The van der Waals surface area contributed by atoms with Crippen molar-refractivity contribution in [2.24, 2.45) is 0 Å². The van der Waals surface area contributed by atoms with Crippen LogP contribution in [0.25, 0.3) is 109 Å². The van der Waals surface area contributed by atoms with Gasteiger partial charge in [-0.2, -0.15) is 4.98 Å². The lowest BCUT2D eigenvalue weighted by atomic mass is 9.99. The summed E-state index contributed by atoms with van der Waals surface area (Å²) < 4.78 is 19.7. The van der Waals surface area contributed by atoms with Gasteiger partial charge in [-0.1, -0.05) is 133 Å². The van der Waals surface area contributed by atoms with Crippen LogP contribution in [0.1, 0.15) is 0 Å². The van der Waals surface area contributed by atoms with Gasteiger partial charge in [-0.3, -0.25) is 9.80 Å². The summed E-state index contributed by atoms with van der Waals surface area (Å²) in [5, 5.41) is 23.3. The monoisotopic (exact) mass is 886 g/mol. The molecule has 0 radical (unpaired) electrons. The molecule has 9 heteroatoms. The molecule has 0 aliphatic heterocycles. The molecule has 5 heterocycles. The summed E-state index contributed by atoms with van der Waals surface area (Å²) in [5.41, 5.74) is 8.24. The molecule has 0 saturated heterocycles. The lowest BCUT2D eigenvalue weighted by Crippen LogP contribution is -2.14. The van der Waals surface area contributed by atoms with Gasteiger partial charge in [0.05, 0.1) is 28.1 Å². The molecule has 9 nitrogen and oxygen atoms in total. The highest BCUT2D eigenvalue weighted by Gasteiger charge is 2.26. The number of nitrogens with zero attached hydrogens (tertiary/aromatic N) is 6. The van der Waals surface area contributed by atoms with Gasteiger partial charge in [0.15, 0.2) is 11.4 Å². The predicted octanol–water partition coefficient (Wildman–Crippen LogP) is 16.5. The molecule has 15 rings (SSSR count). The van der Waals surface area contributed by atoms with Gasteiger partial charge in [0, 0.05) is 67.5 Å². The van der Waals surface area contributed by atoms with Crippen LogP contribution in [-0.4, -0.2) is 20.2 Å². The Morgan fingerprint density at radius 3 is 1.32 bits per heavy atom. The third-order valence-electron chi connectivity index (χ3n) is 13.6. The van der Waals surface area contributed by atoms with E-state index in [-0.39, 0.29) is 0 Å². The van der Waals surface area contributed by atoms with Crippen molar-refractivity contribution in [2.75, 3.05) is 9.80 Å². The van der Waals surface area contributed by atoms with Crippen LogP contribution in [0.3, 0.4) is 0 Å². The standard InChI is InChI=1S/C60H34N6O3/c1-5-17-41-35(13-1)29-36-14-2-6-18-42(36)57(41)65(39-25-27-47-45-21-9-11-23-50(45)67-52(47)31-39)55-33-54-56(64-63-55)49-34-61-60(62-59(49)69-54)66(40-26-28-48-46-22-10-12-24-51(46)68-53(48)32-40)58-43-19-7-3-15-37(43)30-38-16-4-8-20-44(38)58/h1-34H. The van der Waals surface area contributed by atoms with Gasteiger partial charge in [0.2, 0.25) is 11.7 Å². The molecule has 5 aromatic heterocycles. The highest BCUT2D eigenvalue weighted by molar-refractivity contribution is 6.17. The normalized spacial score (nSPS) is 12.1. The van der Waals surface area contributed by atoms with Gasteiger partial charge >= 0.3 is 0 Å². The van der Waals surface area contributed by atoms with Crippen molar-refractivity contribution in [1.29, 1.82) is 0 Å². The molecular weight excluding hydrogens is 853 g/mol. The van der Waals surface area contributed by atoms with Crippen molar-refractivity contribution in [3.63, 3.8) is 0 Å². The Bertz CT molecular complexity index is 4210. The second kappa shape index (κ2) is 14.4. The number of hydrogen-bond donors (Lipinski definition) is 0. The summed E-state index contributed by atoms with van der Waals surface area (Å²) in [6.45, 7) is 0. The van der Waals surface area contributed by atoms with E-state index in [2.05, 4.69) is 168 Å². The lowest BCUT2D eigenvalue weighted by Gasteiger charge is -2.27. The zero-order valence-electron chi connectivity index (χ0n) is 36.5. The van der Waals surface area contributed by atoms with Crippen molar-refractivity contribution in [2.45, 2.75) is 0 Å². The molecule has 10 aromatic carbocycles. The average Bonchev–Trinajstić information content (AvgIpc) is 4.09. The van der Waals surface area contributed by atoms with Gasteiger partial charge in [0.1, 0.15) is 27.8 Å². The first-order chi connectivity index (χ1) is 34.2. The highest BCUT2D eigenvalue weighted by atomic mass is 16.3. The molecule has 0 aliphatic rings. The van der Waals surface area contributed by atoms with Crippen LogP contribution in [0.5, 0.6) is 0 Å². The molecule has 0 spiro atoms. The van der Waals surface area contributed by atoms with Crippen LogP contribution in [0.15, 0.2) is 220 Å². The smallest absolute Gasteiger partial charge is 0.237 e. The fourth-order valence-corrected chi connectivity index (χ4v) is 10.4. The van der Waals surface area contributed by atoms with Crippen molar-refractivity contribution in [1.82, 2.24) is 20.2 Å². The second-order valence-electron chi connectivity index (χ2n) is 17.5. The topological polar surface area (TPSA) is 97.5 Å². The fourth-order valence-electron chi connectivity index (χ4n) is 10.4. The van der Waals surface area contributed by atoms with E-state index < -0.39 is 0 Å². The largest absolute Gasteiger partial charge is 0.456 e. The van der Waals surface area contributed by atoms with E-state index in [1.807, 2.05) is 42.5 Å². The summed E-state index contributed by atoms with van der Waals surface area (Å²) in [7, 11) is 0. The Labute approximate surface area is 391 Å². The minimum absolute atomic E-state index is 0.381. The maximum atomic E-state index is 6.80.